The molecular formula is C9H16N6O. The molecule has 2 rings (SSSR count). The molecule has 0 aliphatic carbocycles. The average Bonchev–Trinajstić information content (AvgIpc) is 2.73. The fraction of sp³-hybridized carbons (Fsp3) is 0.667. The number of aryl methyl sites for hydroxylation is 1. The second kappa shape index (κ2) is 5.04. The van der Waals surface area contributed by atoms with E-state index >= 15 is 0 Å². The molecule has 1 aromatic heterocycles. The van der Waals surface area contributed by atoms with Gasteiger partial charge in [-0.15, -0.1) is 10.2 Å². The molecule has 0 spiro atoms. The summed E-state index contributed by atoms with van der Waals surface area (Å²) in [6.07, 6.45) is 1.61. The summed E-state index contributed by atoms with van der Waals surface area (Å²) in [7, 11) is 1.85. The minimum atomic E-state index is -0.151. The maximum Gasteiger partial charge on any atom is 0.238 e. The van der Waals surface area contributed by atoms with Gasteiger partial charge in [0.05, 0.1) is 12.6 Å². The minimum absolute atomic E-state index is 0.00444. The third-order valence-corrected chi connectivity index (χ3v) is 2.58. The summed E-state index contributed by atoms with van der Waals surface area (Å²) in [6.45, 7) is 2.81. The Morgan fingerprint density at radius 3 is 3.19 bits per heavy atom. The van der Waals surface area contributed by atoms with Gasteiger partial charge in [-0.25, -0.2) is 0 Å². The monoisotopic (exact) mass is 224 g/mol. The first kappa shape index (κ1) is 11.0. The number of amides is 1. The van der Waals surface area contributed by atoms with E-state index in [4.69, 9.17) is 0 Å². The zero-order valence-corrected chi connectivity index (χ0v) is 9.23. The molecule has 2 heterocycles. The summed E-state index contributed by atoms with van der Waals surface area (Å²) in [5.74, 6) is 0.743. The normalized spacial score (nSPS) is 20.7. The molecule has 1 fully saturated rings. The van der Waals surface area contributed by atoms with E-state index in [9.17, 15) is 4.79 Å². The molecule has 0 radical (unpaired) electrons. The first-order chi connectivity index (χ1) is 7.77. The van der Waals surface area contributed by atoms with E-state index in [1.54, 1.807) is 10.9 Å². The Morgan fingerprint density at radius 1 is 1.69 bits per heavy atom. The van der Waals surface area contributed by atoms with Crippen molar-refractivity contribution in [1.29, 1.82) is 0 Å². The Hall–Kier alpha value is -1.47. The number of aromatic nitrogens is 3. The fourth-order valence-corrected chi connectivity index (χ4v) is 1.60. The van der Waals surface area contributed by atoms with Gasteiger partial charge in [0.15, 0.2) is 5.82 Å². The van der Waals surface area contributed by atoms with Gasteiger partial charge in [0.2, 0.25) is 5.91 Å². The Kier molecular flexibility index (Phi) is 3.47. The van der Waals surface area contributed by atoms with Crippen LogP contribution in [0.2, 0.25) is 0 Å². The number of hydrogen-bond donors (Lipinski definition) is 3. The molecule has 16 heavy (non-hydrogen) atoms. The molecule has 1 atom stereocenters. The van der Waals surface area contributed by atoms with Crippen LogP contribution in [0.15, 0.2) is 6.33 Å². The van der Waals surface area contributed by atoms with Crippen LogP contribution in [0.3, 0.4) is 0 Å². The Bertz CT molecular complexity index is 357. The van der Waals surface area contributed by atoms with E-state index in [1.165, 1.54) is 0 Å². The van der Waals surface area contributed by atoms with Crippen molar-refractivity contribution in [3.8, 4) is 0 Å². The number of rotatable bonds is 3. The van der Waals surface area contributed by atoms with Crippen molar-refractivity contribution in [3.05, 3.63) is 12.2 Å². The maximum absolute atomic E-state index is 11.7. The number of nitrogens with one attached hydrogen (secondary N) is 3. The molecule has 1 aliphatic heterocycles. The molecule has 3 N–H and O–H groups in total. The number of hydrogen-bond acceptors (Lipinski definition) is 5. The quantitative estimate of drug-likeness (QED) is 0.552. The molecule has 1 amide bonds. The highest BCUT2D eigenvalue weighted by atomic mass is 16.2. The van der Waals surface area contributed by atoms with E-state index < -0.39 is 0 Å². The summed E-state index contributed by atoms with van der Waals surface area (Å²) < 4.78 is 1.78. The summed E-state index contributed by atoms with van der Waals surface area (Å²) >= 11 is 0. The van der Waals surface area contributed by atoms with Crippen molar-refractivity contribution in [2.75, 3.05) is 19.6 Å². The van der Waals surface area contributed by atoms with E-state index in [1.807, 2.05) is 7.05 Å². The molecule has 1 aromatic rings. The molecular weight excluding hydrogens is 208 g/mol. The summed E-state index contributed by atoms with van der Waals surface area (Å²) in [6, 6.07) is -0.151. The minimum Gasteiger partial charge on any atom is -0.347 e. The maximum atomic E-state index is 11.7. The standard InChI is InChI=1S/C9H16N6O/c1-15-6-13-14-8(15)5-12-9(16)7-4-10-2-3-11-7/h6-7,10-11H,2-5H2,1H3,(H,12,16). The van der Waals surface area contributed by atoms with Crippen molar-refractivity contribution < 1.29 is 4.79 Å². The molecule has 0 saturated carbocycles. The highest BCUT2D eigenvalue weighted by Gasteiger charge is 2.19. The third-order valence-electron chi connectivity index (χ3n) is 2.58. The molecule has 1 saturated heterocycles. The lowest BCUT2D eigenvalue weighted by molar-refractivity contribution is -0.123. The molecule has 88 valence electrons. The van der Waals surface area contributed by atoms with Gasteiger partial charge in [0.25, 0.3) is 0 Å². The second-order valence-corrected chi connectivity index (χ2v) is 3.79. The van der Waals surface area contributed by atoms with Gasteiger partial charge in [0.1, 0.15) is 6.33 Å². The van der Waals surface area contributed by atoms with Crippen molar-refractivity contribution in [2.45, 2.75) is 12.6 Å². The van der Waals surface area contributed by atoms with Crippen LogP contribution in [-0.2, 0) is 18.4 Å². The number of carbonyl (C=O) groups excluding carboxylic acids is 1. The summed E-state index contributed by atoms with van der Waals surface area (Å²) in [5.41, 5.74) is 0. The van der Waals surface area contributed by atoms with Gasteiger partial charge in [-0.3, -0.25) is 4.79 Å². The van der Waals surface area contributed by atoms with Crippen molar-refractivity contribution in [2.24, 2.45) is 7.05 Å². The van der Waals surface area contributed by atoms with Gasteiger partial charge in [-0.2, -0.15) is 0 Å². The van der Waals surface area contributed by atoms with E-state index in [0.717, 1.165) is 18.9 Å². The lowest BCUT2D eigenvalue weighted by Gasteiger charge is -2.23. The van der Waals surface area contributed by atoms with Crippen molar-refractivity contribution in [3.63, 3.8) is 0 Å². The first-order valence-corrected chi connectivity index (χ1v) is 5.32. The Morgan fingerprint density at radius 2 is 2.56 bits per heavy atom. The topological polar surface area (TPSA) is 83.9 Å². The molecule has 0 bridgehead atoms. The predicted molar refractivity (Wildman–Crippen MR) is 57.5 cm³/mol. The largest absolute Gasteiger partial charge is 0.347 e. The van der Waals surface area contributed by atoms with Gasteiger partial charge in [-0.05, 0) is 0 Å². The lowest BCUT2D eigenvalue weighted by atomic mass is 10.2. The lowest BCUT2D eigenvalue weighted by Crippen LogP contribution is -2.55. The van der Waals surface area contributed by atoms with Crippen molar-refractivity contribution >= 4 is 5.91 Å². The van der Waals surface area contributed by atoms with E-state index in [2.05, 4.69) is 26.1 Å². The average molecular weight is 224 g/mol. The zero-order valence-electron chi connectivity index (χ0n) is 9.23. The fourth-order valence-electron chi connectivity index (χ4n) is 1.60. The van der Waals surface area contributed by atoms with Crippen LogP contribution in [0.1, 0.15) is 5.82 Å². The SMILES string of the molecule is Cn1cnnc1CNC(=O)C1CNCCN1. The molecule has 1 aliphatic rings. The van der Waals surface area contributed by atoms with Crippen LogP contribution < -0.4 is 16.0 Å². The highest BCUT2D eigenvalue weighted by Crippen LogP contribution is 1.92. The van der Waals surface area contributed by atoms with Crippen LogP contribution in [0.4, 0.5) is 0 Å². The van der Waals surface area contributed by atoms with Crippen LogP contribution >= 0.6 is 0 Å². The highest BCUT2D eigenvalue weighted by molar-refractivity contribution is 5.82. The molecule has 0 aromatic carbocycles. The number of nitrogens with zero attached hydrogens (tertiary/aromatic N) is 3. The van der Waals surface area contributed by atoms with Gasteiger partial charge >= 0.3 is 0 Å². The number of carbonyl (C=O) groups is 1. The third kappa shape index (κ3) is 2.56. The molecule has 7 heteroatoms. The second-order valence-electron chi connectivity index (χ2n) is 3.79. The Labute approximate surface area is 93.6 Å². The van der Waals surface area contributed by atoms with Gasteiger partial charge < -0.3 is 20.5 Å². The van der Waals surface area contributed by atoms with Crippen LogP contribution in [0, 0.1) is 0 Å². The predicted octanol–water partition coefficient (Wildman–Crippen LogP) is -2.01. The zero-order chi connectivity index (χ0) is 11.4. The van der Waals surface area contributed by atoms with E-state index in [0.29, 0.717) is 13.1 Å². The molecule has 1 unspecified atom stereocenters. The Balaban J connectivity index is 1.81. The van der Waals surface area contributed by atoms with Crippen LogP contribution in [0.25, 0.3) is 0 Å². The van der Waals surface area contributed by atoms with Crippen LogP contribution in [-0.4, -0.2) is 46.3 Å². The molecule has 7 nitrogen and oxygen atoms in total. The van der Waals surface area contributed by atoms with Crippen molar-refractivity contribution in [1.82, 2.24) is 30.7 Å². The van der Waals surface area contributed by atoms with Crippen LogP contribution in [0.5, 0.6) is 0 Å². The van der Waals surface area contributed by atoms with Gasteiger partial charge in [-0.1, -0.05) is 0 Å². The van der Waals surface area contributed by atoms with Gasteiger partial charge in [0, 0.05) is 26.7 Å². The first-order valence-electron chi connectivity index (χ1n) is 5.32. The smallest absolute Gasteiger partial charge is 0.238 e. The summed E-state index contributed by atoms with van der Waals surface area (Å²) in [4.78, 5) is 11.7. The number of piperazine rings is 1. The van der Waals surface area contributed by atoms with E-state index in [-0.39, 0.29) is 11.9 Å². The summed E-state index contributed by atoms with van der Waals surface area (Å²) in [5, 5.41) is 16.8.